The van der Waals surface area contributed by atoms with Crippen LogP contribution in [0.4, 0.5) is 0 Å². The Kier molecular flexibility index (Phi) is 3.06. The van der Waals surface area contributed by atoms with E-state index in [2.05, 4.69) is 4.98 Å². The lowest BCUT2D eigenvalue weighted by atomic mass is 10.2. The number of nitrogens with zero attached hydrogens (tertiary/aromatic N) is 5. The van der Waals surface area contributed by atoms with Crippen LogP contribution in [0.5, 0.6) is 11.5 Å². The Morgan fingerprint density at radius 2 is 1.78 bits per heavy atom. The summed E-state index contributed by atoms with van der Waals surface area (Å²) in [5.41, 5.74) is 1.67. The van der Waals surface area contributed by atoms with Crippen LogP contribution < -0.4 is 20.7 Å². The molecule has 0 atom stereocenters. The van der Waals surface area contributed by atoms with Gasteiger partial charge in [0.05, 0.1) is 5.69 Å². The van der Waals surface area contributed by atoms with Gasteiger partial charge in [0.15, 0.2) is 22.7 Å². The normalized spacial score (nSPS) is 13.6. The molecule has 0 radical (unpaired) electrons. The van der Waals surface area contributed by atoms with Gasteiger partial charge in [-0.1, -0.05) is 0 Å². The number of fused-ring (bicyclic) bond motifs is 4. The van der Waals surface area contributed by atoms with E-state index in [9.17, 15) is 9.59 Å². The van der Waals surface area contributed by atoms with Crippen LogP contribution in [0.3, 0.4) is 0 Å². The molecule has 3 aromatic heterocycles. The van der Waals surface area contributed by atoms with Crippen molar-refractivity contribution < 1.29 is 9.47 Å². The fourth-order valence-corrected chi connectivity index (χ4v) is 3.58. The molecular formula is C18H17N5O4. The summed E-state index contributed by atoms with van der Waals surface area (Å²) >= 11 is 0. The molecule has 0 saturated carbocycles. The second-order valence-corrected chi connectivity index (χ2v) is 6.59. The van der Waals surface area contributed by atoms with Gasteiger partial charge in [-0.25, -0.2) is 4.79 Å². The molecule has 0 spiro atoms. The van der Waals surface area contributed by atoms with Crippen LogP contribution in [0.25, 0.3) is 22.6 Å². The van der Waals surface area contributed by atoms with Crippen molar-refractivity contribution in [3.05, 3.63) is 50.9 Å². The third-order valence-corrected chi connectivity index (χ3v) is 4.93. The van der Waals surface area contributed by atoms with Crippen LogP contribution >= 0.6 is 0 Å². The van der Waals surface area contributed by atoms with Crippen molar-refractivity contribution in [2.75, 3.05) is 13.2 Å². The van der Waals surface area contributed by atoms with Gasteiger partial charge in [0.2, 0.25) is 5.78 Å². The van der Waals surface area contributed by atoms with Crippen LogP contribution in [0.1, 0.15) is 5.69 Å². The van der Waals surface area contributed by atoms with Gasteiger partial charge in [-0.2, -0.15) is 4.98 Å². The maximum atomic E-state index is 12.7. The van der Waals surface area contributed by atoms with Gasteiger partial charge in [0, 0.05) is 32.1 Å². The van der Waals surface area contributed by atoms with E-state index >= 15 is 0 Å². The maximum absolute atomic E-state index is 12.7. The zero-order chi connectivity index (χ0) is 18.9. The average molecular weight is 367 g/mol. The van der Waals surface area contributed by atoms with Gasteiger partial charge in [0.1, 0.15) is 13.2 Å². The van der Waals surface area contributed by atoms with Crippen LogP contribution in [-0.4, -0.2) is 36.3 Å². The van der Waals surface area contributed by atoms with E-state index in [0.717, 1.165) is 15.9 Å². The minimum Gasteiger partial charge on any atom is -0.486 e. The molecule has 0 amide bonds. The van der Waals surface area contributed by atoms with Crippen molar-refractivity contribution in [1.82, 2.24) is 23.1 Å². The Bertz CT molecular complexity index is 1350. The third-order valence-electron chi connectivity index (χ3n) is 4.93. The molecule has 1 aromatic carbocycles. The minimum absolute atomic E-state index is 0.351. The predicted molar refractivity (Wildman–Crippen MR) is 98.2 cm³/mol. The quantitative estimate of drug-likeness (QED) is 0.496. The summed E-state index contributed by atoms with van der Waals surface area (Å²) in [6.45, 7) is 2.97. The number of aryl methyl sites for hydroxylation is 2. The number of benzene rings is 1. The number of hydrogen-bond donors (Lipinski definition) is 0. The van der Waals surface area contributed by atoms with Crippen molar-refractivity contribution in [3.63, 3.8) is 0 Å². The van der Waals surface area contributed by atoms with Crippen molar-refractivity contribution in [3.8, 4) is 17.2 Å². The zero-order valence-electron chi connectivity index (χ0n) is 15.1. The smallest absolute Gasteiger partial charge is 0.332 e. The molecular weight excluding hydrogens is 350 g/mol. The highest BCUT2D eigenvalue weighted by Gasteiger charge is 2.21. The molecule has 0 unspecified atom stereocenters. The first-order chi connectivity index (χ1) is 13.0. The third kappa shape index (κ3) is 2.02. The predicted octanol–water partition coefficient (Wildman–Crippen LogP) is 0.755. The fraction of sp³-hybridized carbons (Fsp3) is 0.278. The van der Waals surface area contributed by atoms with Crippen LogP contribution in [-0.2, 0) is 14.1 Å². The molecule has 5 rings (SSSR count). The molecule has 9 heteroatoms. The van der Waals surface area contributed by atoms with E-state index in [1.54, 1.807) is 11.4 Å². The molecule has 9 nitrogen and oxygen atoms in total. The molecule has 4 heterocycles. The number of imidazole rings is 2. The van der Waals surface area contributed by atoms with Gasteiger partial charge in [-0.3, -0.25) is 22.9 Å². The molecule has 0 N–H and O–H groups in total. The highest BCUT2D eigenvalue weighted by molar-refractivity contribution is 5.76. The van der Waals surface area contributed by atoms with E-state index in [1.807, 2.05) is 35.9 Å². The summed E-state index contributed by atoms with van der Waals surface area (Å²) in [5, 5.41) is 0. The molecule has 0 bridgehead atoms. The first kappa shape index (κ1) is 15.7. The van der Waals surface area contributed by atoms with Gasteiger partial charge < -0.3 is 9.47 Å². The number of rotatable bonds is 1. The van der Waals surface area contributed by atoms with Crippen molar-refractivity contribution >= 4 is 16.9 Å². The Morgan fingerprint density at radius 1 is 1.04 bits per heavy atom. The monoisotopic (exact) mass is 367 g/mol. The first-order valence-corrected chi connectivity index (χ1v) is 8.53. The largest absolute Gasteiger partial charge is 0.486 e. The lowest BCUT2D eigenvalue weighted by Gasteiger charge is -2.19. The number of aromatic nitrogens is 5. The summed E-state index contributed by atoms with van der Waals surface area (Å²) in [6.07, 6.45) is 1.84. The lowest BCUT2D eigenvalue weighted by molar-refractivity contribution is 0.171. The highest BCUT2D eigenvalue weighted by atomic mass is 16.6. The van der Waals surface area contributed by atoms with Crippen LogP contribution in [0.2, 0.25) is 0 Å². The Labute approximate surface area is 152 Å². The van der Waals surface area contributed by atoms with E-state index in [1.165, 1.54) is 11.6 Å². The lowest BCUT2D eigenvalue weighted by Crippen LogP contribution is -2.37. The highest BCUT2D eigenvalue weighted by Crippen LogP contribution is 2.33. The molecule has 0 fully saturated rings. The maximum Gasteiger partial charge on any atom is 0.332 e. The molecule has 4 aromatic rings. The van der Waals surface area contributed by atoms with Gasteiger partial charge in [-0.15, -0.1) is 0 Å². The van der Waals surface area contributed by atoms with Crippen LogP contribution in [0, 0.1) is 6.92 Å². The Balaban J connectivity index is 1.85. The second-order valence-electron chi connectivity index (χ2n) is 6.59. The minimum atomic E-state index is -0.407. The molecule has 27 heavy (non-hydrogen) atoms. The standard InChI is InChI=1S/C18H17N5O4/c1-10-9-22-14-15(20(2)18(25)21(3)16(14)24)19-17(22)23(10)11-4-5-12-13(8-11)27-7-6-26-12/h4-5,8-9H,6-7H2,1-3H3. The average Bonchev–Trinajstić information content (AvgIpc) is 3.18. The summed E-state index contributed by atoms with van der Waals surface area (Å²) in [5.74, 6) is 1.93. The van der Waals surface area contributed by atoms with E-state index in [0.29, 0.717) is 41.7 Å². The SMILES string of the molecule is Cc1cn2c3c(=O)n(C)c(=O)n(C)c3nc2n1-c1ccc2c(c1)OCCO2. The molecule has 1 aliphatic heterocycles. The van der Waals surface area contributed by atoms with Crippen LogP contribution in [0.15, 0.2) is 34.0 Å². The molecule has 1 aliphatic rings. The molecule has 0 saturated heterocycles. The fourth-order valence-electron chi connectivity index (χ4n) is 3.58. The first-order valence-electron chi connectivity index (χ1n) is 8.53. The van der Waals surface area contributed by atoms with E-state index < -0.39 is 5.69 Å². The second kappa shape index (κ2) is 5.26. The zero-order valence-corrected chi connectivity index (χ0v) is 15.1. The van der Waals surface area contributed by atoms with Gasteiger partial charge in [0.25, 0.3) is 5.56 Å². The van der Waals surface area contributed by atoms with Gasteiger partial charge in [-0.05, 0) is 19.1 Å². The summed E-state index contributed by atoms with van der Waals surface area (Å²) in [4.78, 5) is 29.5. The molecule has 0 aliphatic carbocycles. The Hall–Kier alpha value is -3.49. The van der Waals surface area contributed by atoms with E-state index in [-0.39, 0.29) is 5.56 Å². The number of hydrogen-bond acceptors (Lipinski definition) is 5. The van der Waals surface area contributed by atoms with E-state index in [4.69, 9.17) is 9.47 Å². The van der Waals surface area contributed by atoms with Crippen molar-refractivity contribution in [2.24, 2.45) is 14.1 Å². The van der Waals surface area contributed by atoms with Gasteiger partial charge >= 0.3 is 5.69 Å². The Morgan fingerprint density at radius 3 is 2.56 bits per heavy atom. The van der Waals surface area contributed by atoms with Crippen molar-refractivity contribution in [1.29, 1.82) is 0 Å². The topological polar surface area (TPSA) is 84.7 Å². The summed E-state index contributed by atoms with van der Waals surface area (Å²) in [7, 11) is 3.08. The number of ether oxygens (including phenoxy) is 2. The molecule has 138 valence electrons. The summed E-state index contributed by atoms with van der Waals surface area (Å²) in [6, 6.07) is 5.66. The summed E-state index contributed by atoms with van der Waals surface area (Å²) < 4.78 is 17.4. The van der Waals surface area contributed by atoms with Crippen molar-refractivity contribution in [2.45, 2.75) is 6.92 Å².